The number of aryl methyl sites for hydroxylation is 2. The lowest BCUT2D eigenvalue weighted by Crippen LogP contribution is -1.95. The third kappa shape index (κ3) is 4.95. The van der Waals surface area contributed by atoms with Crippen LogP contribution in [-0.4, -0.2) is 9.97 Å². The lowest BCUT2D eigenvalue weighted by atomic mass is 10.2. The molecule has 88 valence electrons. The van der Waals surface area contributed by atoms with Crippen LogP contribution in [0.15, 0.2) is 20.0 Å². The molecular weight excluding hydrogens is 283 g/mol. The Morgan fingerprint density at radius 3 is 1.75 bits per heavy atom. The Morgan fingerprint density at radius 1 is 1.12 bits per heavy atom. The van der Waals surface area contributed by atoms with Crippen LogP contribution in [0.1, 0.15) is 25.2 Å². The summed E-state index contributed by atoms with van der Waals surface area (Å²) in [7, 11) is 0. The zero-order valence-corrected chi connectivity index (χ0v) is 12.2. The van der Waals surface area contributed by atoms with Crippen molar-refractivity contribution in [3.8, 4) is 0 Å². The summed E-state index contributed by atoms with van der Waals surface area (Å²) < 4.78 is 1.48. The van der Waals surface area contributed by atoms with E-state index < -0.39 is 0 Å². The van der Waals surface area contributed by atoms with Crippen molar-refractivity contribution >= 4 is 47.6 Å². The molecule has 2 rings (SSSR count). The van der Waals surface area contributed by atoms with Gasteiger partial charge in [0.25, 0.3) is 0 Å². The maximum Gasteiger partial charge on any atom is 0.184 e. The molecule has 0 bridgehead atoms. The highest BCUT2D eigenvalue weighted by Gasteiger charge is 2.16. The summed E-state index contributed by atoms with van der Waals surface area (Å²) in [6.07, 6.45) is 1.90. The first-order valence-corrected chi connectivity index (χ1v) is 6.87. The SMILES string of the molecule is CCc1cc(CC)nc(S)n1.ClC1=C(Cl)S1. The third-order valence-corrected chi connectivity index (χ3v) is 3.76. The number of aromatic nitrogens is 2. The topological polar surface area (TPSA) is 25.8 Å². The van der Waals surface area contributed by atoms with Gasteiger partial charge in [0.05, 0.1) is 0 Å². The van der Waals surface area contributed by atoms with Crippen molar-refractivity contribution in [1.82, 2.24) is 9.97 Å². The van der Waals surface area contributed by atoms with Gasteiger partial charge in [0.2, 0.25) is 0 Å². The van der Waals surface area contributed by atoms with Gasteiger partial charge in [-0.1, -0.05) is 48.8 Å². The van der Waals surface area contributed by atoms with E-state index in [1.54, 1.807) is 0 Å². The van der Waals surface area contributed by atoms with E-state index in [9.17, 15) is 0 Å². The first-order chi connectivity index (χ1) is 7.56. The number of nitrogens with zero attached hydrogens (tertiary/aromatic N) is 2. The normalized spacial score (nSPS) is 13.3. The van der Waals surface area contributed by atoms with Crippen molar-refractivity contribution in [2.45, 2.75) is 31.8 Å². The van der Waals surface area contributed by atoms with Gasteiger partial charge >= 0.3 is 0 Å². The smallest absolute Gasteiger partial charge is 0.184 e. The second-order valence-electron chi connectivity index (χ2n) is 3.01. The Morgan fingerprint density at radius 2 is 1.50 bits per heavy atom. The fourth-order valence-electron chi connectivity index (χ4n) is 0.954. The molecule has 0 aliphatic carbocycles. The van der Waals surface area contributed by atoms with Crippen LogP contribution in [0.5, 0.6) is 0 Å². The summed E-state index contributed by atoms with van der Waals surface area (Å²) in [5.41, 5.74) is 2.14. The van der Waals surface area contributed by atoms with Gasteiger partial charge in [-0.3, -0.25) is 0 Å². The number of thioether (sulfide) groups is 1. The molecule has 0 unspecified atom stereocenters. The molecule has 0 atom stereocenters. The Hall–Kier alpha value is 0.1000. The zero-order chi connectivity index (χ0) is 12.1. The quantitative estimate of drug-likeness (QED) is 0.653. The van der Waals surface area contributed by atoms with Gasteiger partial charge in [0.1, 0.15) is 8.73 Å². The predicted molar refractivity (Wildman–Crippen MR) is 74.4 cm³/mol. The second-order valence-corrected chi connectivity index (χ2v) is 5.63. The predicted octanol–water partition coefficient (Wildman–Crippen LogP) is 4.23. The molecule has 0 N–H and O–H groups in total. The van der Waals surface area contributed by atoms with Crippen LogP contribution in [0.3, 0.4) is 0 Å². The van der Waals surface area contributed by atoms with E-state index in [-0.39, 0.29) is 0 Å². The molecule has 1 aliphatic rings. The van der Waals surface area contributed by atoms with E-state index in [2.05, 4.69) is 36.4 Å². The second kappa shape index (κ2) is 6.74. The molecule has 0 saturated heterocycles. The van der Waals surface area contributed by atoms with Gasteiger partial charge in [0, 0.05) is 11.4 Å². The molecule has 0 amide bonds. The molecule has 0 fully saturated rings. The molecule has 0 radical (unpaired) electrons. The van der Waals surface area contributed by atoms with Crippen LogP contribution in [-0.2, 0) is 12.8 Å². The van der Waals surface area contributed by atoms with Crippen molar-refractivity contribution in [2.24, 2.45) is 0 Å². The van der Waals surface area contributed by atoms with Crippen LogP contribution in [0.25, 0.3) is 0 Å². The molecule has 2 heterocycles. The molecule has 0 spiro atoms. The number of rotatable bonds is 2. The number of hydrogen-bond acceptors (Lipinski definition) is 4. The minimum absolute atomic E-state index is 0.584. The fraction of sp³-hybridized carbons (Fsp3) is 0.400. The zero-order valence-electron chi connectivity index (χ0n) is 9.00. The minimum Gasteiger partial charge on any atom is -0.228 e. The Labute approximate surface area is 115 Å². The van der Waals surface area contributed by atoms with E-state index in [0.717, 1.165) is 33.0 Å². The molecule has 1 aromatic rings. The molecule has 0 saturated carbocycles. The fourth-order valence-corrected chi connectivity index (χ4v) is 1.90. The standard InChI is InChI=1S/C8H12N2S.C2Cl2S/c1-3-6-5-7(4-2)10-8(11)9-6;3-1-2(4)5-1/h5H,3-4H2,1-2H3,(H,9,10,11);. The summed E-state index contributed by atoms with van der Waals surface area (Å²) in [6, 6.07) is 2.03. The summed E-state index contributed by atoms with van der Waals surface area (Å²) in [5.74, 6) is 0. The molecule has 2 nitrogen and oxygen atoms in total. The monoisotopic (exact) mass is 294 g/mol. The molecular formula is C10H12Cl2N2S2. The lowest BCUT2D eigenvalue weighted by molar-refractivity contribution is 0.844. The summed E-state index contributed by atoms with van der Waals surface area (Å²) in [4.78, 5) is 8.31. The van der Waals surface area contributed by atoms with Crippen LogP contribution < -0.4 is 0 Å². The van der Waals surface area contributed by atoms with Crippen LogP contribution in [0, 0.1) is 0 Å². The maximum atomic E-state index is 5.25. The largest absolute Gasteiger partial charge is 0.228 e. The highest BCUT2D eigenvalue weighted by atomic mass is 35.5. The van der Waals surface area contributed by atoms with Crippen molar-refractivity contribution < 1.29 is 0 Å². The van der Waals surface area contributed by atoms with E-state index in [1.165, 1.54) is 11.8 Å². The van der Waals surface area contributed by atoms with Crippen molar-refractivity contribution in [3.63, 3.8) is 0 Å². The molecule has 1 aromatic heterocycles. The first-order valence-electron chi connectivity index (χ1n) is 4.85. The summed E-state index contributed by atoms with van der Waals surface area (Å²) >= 11 is 16.0. The van der Waals surface area contributed by atoms with Gasteiger partial charge in [-0.05, 0) is 18.9 Å². The number of halogens is 2. The minimum atomic E-state index is 0.584. The van der Waals surface area contributed by atoms with Gasteiger partial charge < -0.3 is 0 Å². The van der Waals surface area contributed by atoms with E-state index in [4.69, 9.17) is 23.2 Å². The van der Waals surface area contributed by atoms with E-state index >= 15 is 0 Å². The maximum absolute atomic E-state index is 5.25. The van der Waals surface area contributed by atoms with Gasteiger partial charge in [-0.2, -0.15) is 0 Å². The third-order valence-electron chi connectivity index (χ3n) is 1.84. The van der Waals surface area contributed by atoms with Crippen molar-refractivity contribution in [3.05, 3.63) is 26.2 Å². The van der Waals surface area contributed by atoms with Crippen LogP contribution in [0.4, 0.5) is 0 Å². The van der Waals surface area contributed by atoms with E-state index in [0.29, 0.717) is 5.16 Å². The van der Waals surface area contributed by atoms with E-state index in [1.807, 2.05) is 6.07 Å². The van der Waals surface area contributed by atoms with Gasteiger partial charge in [-0.15, -0.1) is 12.6 Å². The summed E-state index contributed by atoms with van der Waals surface area (Å²) in [5, 5.41) is 0.584. The molecule has 1 aliphatic heterocycles. The average molecular weight is 295 g/mol. The number of thiol groups is 1. The van der Waals surface area contributed by atoms with Gasteiger partial charge in [0.15, 0.2) is 5.16 Å². The van der Waals surface area contributed by atoms with Crippen LogP contribution in [0.2, 0.25) is 0 Å². The Bertz CT molecular complexity index is 376. The molecule has 0 aromatic carbocycles. The molecule has 16 heavy (non-hydrogen) atoms. The summed E-state index contributed by atoms with van der Waals surface area (Å²) in [6.45, 7) is 4.16. The van der Waals surface area contributed by atoms with Crippen molar-refractivity contribution in [2.75, 3.05) is 0 Å². The lowest BCUT2D eigenvalue weighted by Gasteiger charge is -2.00. The Kier molecular flexibility index (Phi) is 5.97. The number of hydrogen-bond donors (Lipinski definition) is 1. The molecule has 6 heteroatoms. The average Bonchev–Trinajstić information content (AvgIpc) is 2.92. The highest BCUT2D eigenvalue weighted by Crippen LogP contribution is 2.50. The van der Waals surface area contributed by atoms with Gasteiger partial charge in [-0.25, -0.2) is 9.97 Å². The highest BCUT2D eigenvalue weighted by molar-refractivity contribution is 8.16. The first kappa shape index (κ1) is 14.2. The van der Waals surface area contributed by atoms with Crippen LogP contribution >= 0.6 is 47.6 Å². The Balaban J connectivity index is 0.000000212. The van der Waals surface area contributed by atoms with Crippen molar-refractivity contribution in [1.29, 1.82) is 0 Å².